The van der Waals surface area contributed by atoms with Gasteiger partial charge in [-0.15, -0.1) is 5.10 Å². The summed E-state index contributed by atoms with van der Waals surface area (Å²) in [5.41, 5.74) is 1.75. The van der Waals surface area contributed by atoms with Gasteiger partial charge < -0.3 is 14.6 Å². The van der Waals surface area contributed by atoms with E-state index >= 15 is 0 Å². The van der Waals surface area contributed by atoms with Gasteiger partial charge >= 0.3 is 11.9 Å². The minimum absolute atomic E-state index is 0.0730. The third-order valence-electron chi connectivity index (χ3n) is 5.52. The summed E-state index contributed by atoms with van der Waals surface area (Å²) in [6.07, 6.45) is 7.37. The van der Waals surface area contributed by atoms with Crippen LogP contribution < -0.4 is 4.74 Å². The van der Waals surface area contributed by atoms with E-state index < -0.39 is 5.97 Å². The maximum atomic E-state index is 12.2. The zero-order valence-corrected chi connectivity index (χ0v) is 18.1. The van der Waals surface area contributed by atoms with E-state index in [0.717, 1.165) is 32.1 Å². The van der Waals surface area contributed by atoms with Crippen LogP contribution in [0.25, 0.3) is 11.4 Å². The van der Waals surface area contributed by atoms with E-state index in [1.807, 2.05) is 0 Å². The van der Waals surface area contributed by atoms with Crippen LogP contribution in [0.4, 0.5) is 0 Å². The van der Waals surface area contributed by atoms with Crippen molar-refractivity contribution in [3.05, 3.63) is 24.0 Å². The number of pyridine rings is 1. The summed E-state index contributed by atoms with van der Waals surface area (Å²) < 4.78 is 12.8. The summed E-state index contributed by atoms with van der Waals surface area (Å²) >= 11 is 0. The average Bonchev–Trinajstić information content (AvgIpc) is 3.12. The molecule has 0 unspecified atom stereocenters. The molecule has 0 amide bonds. The lowest BCUT2D eigenvalue weighted by Crippen LogP contribution is -2.29. The molecule has 1 saturated carbocycles. The molecule has 0 radical (unpaired) electrons. The van der Waals surface area contributed by atoms with Gasteiger partial charge in [0, 0.05) is 7.05 Å². The molecule has 0 saturated heterocycles. The second-order valence-corrected chi connectivity index (χ2v) is 7.93. The molecule has 0 aliphatic heterocycles. The first-order valence-corrected chi connectivity index (χ1v) is 10.9. The largest absolute Gasteiger partial charge is 0.489 e. The Morgan fingerprint density at radius 1 is 1.26 bits per heavy atom. The van der Waals surface area contributed by atoms with Crippen LogP contribution in [0, 0.1) is 5.92 Å². The molecule has 1 aliphatic carbocycles. The summed E-state index contributed by atoms with van der Waals surface area (Å²) in [5, 5.41) is 17.4. The molecule has 31 heavy (non-hydrogen) atoms. The summed E-state index contributed by atoms with van der Waals surface area (Å²) in [7, 11) is 1.73. The third kappa shape index (κ3) is 6.26. The lowest BCUT2D eigenvalue weighted by molar-refractivity contribution is -0.144. The van der Waals surface area contributed by atoms with Gasteiger partial charge in [-0.25, -0.2) is 0 Å². The van der Waals surface area contributed by atoms with Crippen molar-refractivity contribution in [1.29, 1.82) is 0 Å². The van der Waals surface area contributed by atoms with Crippen molar-refractivity contribution in [2.24, 2.45) is 13.0 Å². The molecule has 168 valence electrons. The van der Waals surface area contributed by atoms with Crippen LogP contribution in [-0.4, -0.2) is 49.7 Å². The van der Waals surface area contributed by atoms with Gasteiger partial charge in [0.25, 0.3) is 0 Å². The molecule has 2 aromatic heterocycles. The summed E-state index contributed by atoms with van der Waals surface area (Å²) in [6.45, 7) is 2.52. The summed E-state index contributed by atoms with van der Waals surface area (Å²) in [5.74, 6) is -0.843. The van der Waals surface area contributed by atoms with Crippen LogP contribution >= 0.6 is 0 Å². The van der Waals surface area contributed by atoms with E-state index in [1.165, 1.54) is 0 Å². The maximum absolute atomic E-state index is 12.2. The fourth-order valence-corrected chi connectivity index (χ4v) is 3.76. The van der Waals surface area contributed by atoms with Crippen LogP contribution in [0.2, 0.25) is 0 Å². The average molecular weight is 431 g/mol. The normalized spacial score (nSPS) is 18.5. The van der Waals surface area contributed by atoms with Gasteiger partial charge in [0.05, 0.1) is 42.6 Å². The molecule has 1 N–H and O–H groups in total. The fourth-order valence-electron chi connectivity index (χ4n) is 3.76. The number of unbranched alkanes of at least 4 members (excludes halogenated alkanes) is 2. The molecule has 9 nitrogen and oxygen atoms in total. The number of hydrogen-bond donors (Lipinski definition) is 1. The minimum atomic E-state index is -0.763. The first-order chi connectivity index (χ1) is 15.0. The van der Waals surface area contributed by atoms with E-state index in [9.17, 15) is 14.7 Å². The molecule has 2 atom stereocenters. The quantitative estimate of drug-likeness (QED) is 0.451. The Kier molecular flexibility index (Phi) is 7.97. The number of carboxylic acids is 1. The fraction of sp³-hybridized carbons (Fsp3) is 0.591. The molecule has 0 spiro atoms. The Morgan fingerprint density at radius 3 is 2.81 bits per heavy atom. The van der Waals surface area contributed by atoms with Gasteiger partial charge in [-0.1, -0.05) is 25.0 Å². The van der Waals surface area contributed by atoms with E-state index in [4.69, 9.17) is 9.47 Å². The van der Waals surface area contributed by atoms with Gasteiger partial charge in [0.15, 0.2) is 0 Å². The van der Waals surface area contributed by atoms with Crippen molar-refractivity contribution < 1.29 is 24.2 Å². The van der Waals surface area contributed by atoms with Crippen molar-refractivity contribution in [2.75, 3.05) is 6.61 Å². The van der Waals surface area contributed by atoms with Crippen molar-refractivity contribution in [3.8, 4) is 17.1 Å². The molecule has 2 aromatic rings. The first-order valence-electron chi connectivity index (χ1n) is 10.9. The number of carboxylic acid groups (broad SMARTS) is 1. The number of aromatic nitrogens is 4. The minimum Gasteiger partial charge on any atom is -0.489 e. The maximum Gasteiger partial charge on any atom is 0.311 e. The van der Waals surface area contributed by atoms with Crippen molar-refractivity contribution in [1.82, 2.24) is 20.0 Å². The van der Waals surface area contributed by atoms with Crippen LogP contribution in [0.5, 0.6) is 5.75 Å². The van der Waals surface area contributed by atoms with Crippen LogP contribution in [0.15, 0.2) is 18.3 Å². The predicted octanol–water partition coefficient (Wildman–Crippen LogP) is 3.18. The Balaban J connectivity index is 1.62. The Hall–Kier alpha value is -2.97. The second kappa shape index (κ2) is 10.9. The van der Waals surface area contributed by atoms with Gasteiger partial charge in [0.1, 0.15) is 11.4 Å². The number of hydrogen-bond acceptors (Lipinski definition) is 7. The molecular weight excluding hydrogens is 400 g/mol. The molecule has 9 heteroatoms. The highest BCUT2D eigenvalue weighted by Gasteiger charge is 2.28. The van der Waals surface area contributed by atoms with Crippen LogP contribution in [0.3, 0.4) is 0 Å². The first kappa shape index (κ1) is 22.7. The predicted molar refractivity (Wildman–Crippen MR) is 112 cm³/mol. The lowest BCUT2D eigenvalue weighted by atomic mass is 9.87. The topological polar surface area (TPSA) is 116 Å². The summed E-state index contributed by atoms with van der Waals surface area (Å²) in [6, 6.07) is 3.56. The highest BCUT2D eigenvalue weighted by Crippen LogP contribution is 2.29. The zero-order valence-electron chi connectivity index (χ0n) is 18.1. The molecule has 0 bridgehead atoms. The van der Waals surface area contributed by atoms with Gasteiger partial charge in [-0.05, 0) is 44.2 Å². The van der Waals surface area contributed by atoms with E-state index in [2.05, 4.69) is 22.2 Å². The summed E-state index contributed by atoms with van der Waals surface area (Å²) in [4.78, 5) is 27.8. The lowest BCUT2D eigenvalue weighted by Gasteiger charge is -2.27. The van der Waals surface area contributed by atoms with Gasteiger partial charge in [-0.3, -0.25) is 19.3 Å². The Morgan fingerprint density at radius 2 is 2.10 bits per heavy atom. The number of aliphatic carboxylic acids is 1. The third-order valence-corrected chi connectivity index (χ3v) is 5.52. The molecule has 2 heterocycles. The molecule has 1 fully saturated rings. The monoisotopic (exact) mass is 430 g/mol. The Labute approximate surface area is 181 Å². The van der Waals surface area contributed by atoms with Crippen LogP contribution in [-0.2, 0) is 27.8 Å². The highest BCUT2D eigenvalue weighted by atomic mass is 16.5. The zero-order chi connectivity index (χ0) is 22.2. The molecule has 1 aliphatic rings. The number of carbonyl (C=O) groups is 2. The van der Waals surface area contributed by atoms with Gasteiger partial charge in [-0.2, -0.15) is 0 Å². The smallest absolute Gasteiger partial charge is 0.311 e. The highest BCUT2D eigenvalue weighted by molar-refractivity contribution is 5.75. The number of nitrogens with zero attached hydrogens (tertiary/aromatic N) is 4. The standard InChI is InChI=1S/C22H30N4O5/c1-3-4-5-11-30-20(27)13-19-21(24-25-26(19)2)18-10-9-17(14-23-18)31-16-8-6-7-15(12-16)22(28)29/h9-10,14-16H,3-8,11-13H2,1-2H3,(H,28,29)/t15-,16-/m0/s1. The second-order valence-electron chi connectivity index (χ2n) is 7.93. The van der Waals surface area contributed by atoms with E-state index in [0.29, 0.717) is 42.3 Å². The molecule has 0 aromatic carbocycles. The number of aryl methyl sites for hydroxylation is 1. The number of rotatable bonds is 10. The Bertz CT molecular complexity index is 881. The van der Waals surface area contributed by atoms with E-state index in [-0.39, 0.29) is 24.4 Å². The number of carbonyl (C=O) groups excluding carboxylic acids is 1. The molecular formula is C22H30N4O5. The number of esters is 1. The number of ether oxygens (including phenoxy) is 2. The van der Waals surface area contributed by atoms with Crippen molar-refractivity contribution in [2.45, 2.75) is 64.4 Å². The molecule has 3 rings (SSSR count). The SMILES string of the molecule is CCCCCOC(=O)Cc1c(-c2ccc(O[C@H]3CCC[C@H](C(=O)O)C3)cn2)nnn1C. The van der Waals surface area contributed by atoms with Gasteiger partial charge in [0.2, 0.25) is 0 Å². The van der Waals surface area contributed by atoms with E-state index in [1.54, 1.807) is 30.1 Å². The van der Waals surface area contributed by atoms with Crippen molar-refractivity contribution in [3.63, 3.8) is 0 Å². The van der Waals surface area contributed by atoms with Crippen molar-refractivity contribution >= 4 is 11.9 Å². The van der Waals surface area contributed by atoms with Crippen LogP contribution in [0.1, 0.15) is 57.6 Å².